The maximum absolute atomic E-state index is 5.18. The van der Waals surface area contributed by atoms with Crippen LogP contribution in [0.5, 0.6) is 5.88 Å². The Morgan fingerprint density at radius 2 is 2.08 bits per heavy atom. The molecule has 0 aliphatic rings. The first kappa shape index (κ1) is 9.04. The Bertz CT molecular complexity index is 269. The average Bonchev–Trinajstić information content (AvgIpc) is 2.03. The lowest BCUT2D eigenvalue weighted by Gasteiger charge is -2.12. The molecule has 0 saturated carbocycles. The summed E-state index contributed by atoms with van der Waals surface area (Å²) in [6, 6.07) is 2.01. The van der Waals surface area contributed by atoms with E-state index in [1.54, 1.807) is 13.3 Å². The molecule has 1 aromatic rings. The molecular weight excluding hydrogens is 150 g/mol. The van der Waals surface area contributed by atoms with Gasteiger partial charge in [0.25, 0.3) is 0 Å². The number of hydrogen-bond acceptors (Lipinski definition) is 2. The normalized spacial score (nSPS) is 10.4. The van der Waals surface area contributed by atoms with Crippen LogP contribution in [0.1, 0.15) is 30.9 Å². The molecule has 0 aliphatic carbocycles. The van der Waals surface area contributed by atoms with Crippen LogP contribution in [0.15, 0.2) is 12.3 Å². The van der Waals surface area contributed by atoms with Gasteiger partial charge in [0.15, 0.2) is 0 Å². The summed E-state index contributed by atoms with van der Waals surface area (Å²) >= 11 is 0. The van der Waals surface area contributed by atoms with Crippen molar-refractivity contribution in [3.8, 4) is 5.88 Å². The highest BCUT2D eigenvalue weighted by atomic mass is 16.5. The topological polar surface area (TPSA) is 22.1 Å². The van der Waals surface area contributed by atoms with Crippen molar-refractivity contribution in [2.75, 3.05) is 7.11 Å². The van der Waals surface area contributed by atoms with Crippen LogP contribution >= 0.6 is 0 Å². The number of pyridine rings is 1. The highest BCUT2D eigenvalue weighted by Gasteiger charge is 2.10. The third-order valence-corrected chi connectivity index (χ3v) is 1.94. The maximum Gasteiger partial charge on any atom is 0.216 e. The number of aryl methyl sites for hydroxylation is 1. The third kappa shape index (κ3) is 1.58. The molecule has 1 aromatic heterocycles. The van der Waals surface area contributed by atoms with E-state index in [4.69, 9.17) is 4.74 Å². The van der Waals surface area contributed by atoms with Crippen molar-refractivity contribution in [1.82, 2.24) is 4.98 Å². The second-order valence-electron chi connectivity index (χ2n) is 3.21. The summed E-state index contributed by atoms with van der Waals surface area (Å²) in [4.78, 5) is 4.16. The first-order chi connectivity index (χ1) is 5.66. The molecule has 66 valence electrons. The number of hydrogen-bond donors (Lipinski definition) is 0. The number of ether oxygens (including phenoxy) is 1. The van der Waals surface area contributed by atoms with Gasteiger partial charge in [-0.3, -0.25) is 0 Å². The molecule has 0 atom stereocenters. The monoisotopic (exact) mass is 165 g/mol. The van der Waals surface area contributed by atoms with Crippen molar-refractivity contribution >= 4 is 0 Å². The van der Waals surface area contributed by atoms with E-state index in [9.17, 15) is 0 Å². The molecule has 2 heteroatoms. The summed E-state index contributed by atoms with van der Waals surface area (Å²) in [6.45, 7) is 6.37. The third-order valence-electron chi connectivity index (χ3n) is 1.94. The zero-order valence-electron chi connectivity index (χ0n) is 8.09. The van der Waals surface area contributed by atoms with Crippen molar-refractivity contribution in [3.05, 3.63) is 23.4 Å². The fraction of sp³-hybridized carbons (Fsp3) is 0.500. The molecule has 0 spiro atoms. The van der Waals surface area contributed by atoms with E-state index in [0.29, 0.717) is 5.92 Å². The largest absolute Gasteiger partial charge is 0.481 e. The summed E-state index contributed by atoms with van der Waals surface area (Å²) in [5.74, 6) is 1.22. The van der Waals surface area contributed by atoms with Gasteiger partial charge in [-0.2, -0.15) is 0 Å². The molecular formula is C10H15NO. The van der Waals surface area contributed by atoms with Crippen molar-refractivity contribution < 1.29 is 4.74 Å². The summed E-state index contributed by atoms with van der Waals surface area (Å²) in [5, 5.41) is 0. The van der Waals surface area contributed by atoms with Gasteiger partial charge in [-0.05, 0) is 24.5 Å². The average molecular weight is 165 g/mol. The fourth-order valence-electron chi connectivity index (χ4n) is 1.41. The first-order valence-corrected chi connectivity index (χ1v) is 4.16. The zero-order chi connectivity index (χ0) is 9.14. The van der Waals surface area contributed by atoms with E-state index < -0.39 is 0 Å². The quantitative estimate of drug-likeness (QED) is 0.671. The van der Waals surface area contributed by atoms with Crippen molar-refractivity contribution in [1.29, 1.82) is 0 Å². The van der Waals surface area contributed by atoms with Crippen LogP contribution in [0.2, 0.25) is 0 Å². The second kappa shape index (κ2) is 3.57. The van der Waals surface area contributed by atoms with Crippen molar-refractivity contribution in [2.45, 2.75) is 26.7 Å². The van der Waals surface area contributed by atoms with Gasteiger partial charge < -0.3 is 4.74 Å². The molecule has 12 heavy (non-hydrogen) atoms. The zero-order valence-corrected chi connectivity index (χ0v) is 8.09. The van der Waals surface area contributed by atoms with E-state index in [1.165, 1.54) is 11.1 Å². The Balaban J connectivity index is 3.20. The van der Waals surface area contributed by atoms with Crippen LogP contribution in [0, 0.1) is 6.92 Å². The number of methoxy groups -OCH3 is 1. The molecule has 0 aromatic carbocycles. The lowest BCUT2D eigenvalue weighted by molar-refractivity contribution is 0.389. The van der Waals surface area contributed by atoms with Crippen LogP contribution in [0.4, 0.5) is 0 Å². The standard InChI is InChI=1S/C10H15NO/c1-7(2)9-8(3)5-6-11-10(9)12-4/h5-7H,1-4H3. The first-order valence-electron chi connectivity index (χ1n) is 4.16. The minimum atomic E-state index is 0.466. The van der Waals surface area contributed by atoms with Crippen LogP contribution in [-0.4, -0.2) is 12.1 Å². The minimum Gasteiger partial charge on any atom is -0.481 e. The Morgan fingerprint density at radius 3 is 2.50 bits per heavy atom. The highest BCUT2D eigenvalue weighted by molar-refractivity contribution is 5.35. The molecule has 1 heterocycles. The molecule has 0 fully saturated rings. The van der Waals surface area contributed by atoms with Crippen LogP contribution in [0.3, 0.4) is 0 Å². The summed E-state index contributed by atoms with van der Waals surface area (Å²) in [6.07, 6.45) is 1.78. The minimum absolute atomic E-state index is 0.466. The van der Waals surface area contributed by atoms with E-state index in [2.05, 4.69) is 25.8 Å². The lowest BCUT2D eigenvalue weighted by Crippen LogP contribution is -1.99. The molecule has 0 unspecified atom stereocenters. The molecule has 0 N–H and O–H groups in total. The molecule has 0 radical (unpaired) electrons. The molecule has 2 nitrogen and oxygen atoms in total. The van der Waals surface area contributed by atoms with Gasteiger partial charge in [0.1, 0.15) is 0 Å². The maximum atomic E-state index is 5.18. The van der Waals surface area contributed by atoms with Gasteiger partial charge in [-0.15, -0.1) is 0 Å². The Kier molecular flexibility index (Phi) is 2.69. The fourth-order valence-corrected chi connectivity index (χ4v) is 1.41. The predicted molar refractivity (Wildman–Crippen MR) is 49.6 cm³/mol. The van der Waals surface area contributed by atoms with E-state index in [0.717, 1.165) is 5.88 Å². The molecule has 1 rings (SSSR count). The van der Waals surface area contributed by atoms with E-state index in [1.807, 2.05) is 6.07 Å². The van der Waals surface area contributed by atoms with Crippen molar-refractivity contribution in [2.24, 2.45) is 0 Å². The molecule has 0 saturated heterocycles. The van der Waals surface area contributed by atoms with E-state index in [-0.39, 0.29) is 0 Å². The Hall–Kier alpha value is -1.05. The number of rotatable bonds is 2. The van der Waals surface area contributed by atoms with Gasteiger partial charge in [0, 0.05) is 11.8 Å². The lowest BCUT2D eigenvalue weighted by atomic mass is 10.00. The number of nitrogens with zero attached hydrogens (tertiary/aromatic N) is 1. The van der Waals surface area contributed by atoms with Crippen LogP contribution < -0.4 is 4.74 Å². The predicted octanol–water partition coefficient (Wildman–Crippen LogP) is 2.52. The van der Waals surface area contributed by atoms with Crippen LogP contribution in [0.25, 0.3) is 0 Å². The van der Waals surface area contributed by atoms with E-state index >= 15 is 0 Å². The van der Waals surface area contributed by atoms with Crippen molar-refractivity contribution in [3.63, 3.8) is 0 Å². The summed E-state index contributed by atoms with van der Waals surface area (Å²) < 4.78 is 5.18. The molecule has 0 aliphatic heterocycles. The van der Waals surface area contributed by atoms with Gasteiger partial charge in [-0.1, -0.05) is 13.8 Å². The summed E-state index contributed by atoms with van der Waals surface area (Å²) in [7, 11) is 1.66. The Labute approximate surface area is 73.6 Å². The molecule has 0 amide bonds. The van der Waals surface area contributed by atoms with Crippen LogP contribution in [-0.2, 0) is 0 Å². The second-order valence-corrected chi connectivity index (χ2v) is 3.21. The molecule has 0 bridgehead atoms. The Morgan fingerprint density at radius 1 is 1.42 bits per heavy atom. The SMILES string of the molecule is COc1nccc(C)c1C(C)C. The highest BCUT2D eigenvalue weighted by Crippen LogP contribution is 2.26. The summed E-state index contributed by atoms with van der Waals surface area (Å²) in [5.41, 5.74) is 2.46. The van der Waals surface area contributed by atoms with Gasteiger partial charge in [0.05, 0.1) is 7.11 Å². The van der Waals surface area contributed by atoms with Gasteiger partial charge >= 0.3 is 0 Å². The number of aromatic nitrogens is 1. The van der Waals surface area contributed by atoms with Gasteiger partial charge in [-0.25, -0.2) is 4.98 Å². The van der Waals surface area contributed by atoms with Gasteiger partial charge in [0.2, 0.25) is 5.88 Å². The smallest absolute Gasteiger partial charge is 0.216 e.